The molecular weight excluding hydrogens is 377 g/mol. The molecule has 1 aromatic heterocycles. The Kier molecular flexibility index (Phi) is 4.03. The van der Waals surface area contributed by atoms with Crippen molar-refractivity contribution < 1.29 is 17.2 Å². The zero-order chi connectivity index (χ0) is 12.5. The lowest BCUT2D eigenvalue weighted by Crippen LogP contribution is -2.05. The molecule has 0 amide bonds. The van der Waals surface area contributed by atoms with E-state index in [4.69, 9.17) is 15.9 Å². The number of rotatable bonds is 2. The number of nitriles is 1. The molecule has 1 rings (SSSR count). The zero-order valence-electron chi connectivity index (χ0n) is 7.29. The van der Waals surface area contributed by atoms with E-state index in [1.807, 2.05) is 0 Å². The maximum absolute atomic E-state index is 12.5. The van der Waals surface area contributed by atoms with Crippen molar-refractivity contribution in [3.8, 4) is 6.07 Å². The Morgan fingerprint density at radius 2 is 2.12 bits per heavy atom. The van der Waals surface area contributed by atoms with E-state index in [9.17, 15) is 17.2 Å². The largest absolute Gasteiger partial charge is 0.281 e. The van der Waals surface area contributed by atoms with Gasteiger partial charge in [-0.1, -0.05) is 0 Å². The zero-order valence-corrected chi connectivity index (χ0v) is 11.0. The highest BCUT2D eigenvalue weighted by Gasteiger charge is 2.26. The van der Waals surface area contributed by atoms with Crippen LogP contribution in [0.3, 0.4) is 0 Å². The molecule has 0 saturated carbocycles. The second kappa shape index (κ2) is 4.77. The molecule has 0 spiro atoms. The molecule has 4 nitrogen and oxygen atoms in total. The second-order valence-electron chi connectivity index (χ2n) is 2.55. The molecule has 0 radical (unpaired) electrons. The molecule has 0 fully saturated rings. The number of hydrogen-bond donors (Lipinski definition) is 0. The molecule has 16 heavy (non-hydrogen) atoms. The van der Waals surface area contributed by atoms with Crippen molar-refractivity contribution in [3.63, 3.8) is 0 Å². The van der Waals surface area contributed by atoms with Gasteiger partial charge < -0.3 is 0 Å². The van der Waals surface area contributed by atoms with Crippen LogP contribution in [-0.4, -0.2) is 13.4 Å². The van der Waals surface area contributed by atoms with E-state index in [0.29, 0.717) is 0 Å². The van der Waals surface area contributed by atoms with Gasteiger partial charge in [-0.15, -0.1) is 0 Å². The normalized spacial score (nSPS) is 11.5. The minimum atomic E-state index is -4.26. The minimum absolute atomic E-state index is 0.0218. The van der Waals surface area contributed by atoms with Gasteiger partial charge in [0.15, 0.2) is 0 Å². The van der Waals surface area contributed by atoms with Crippen molar-refractivity contribution in [1.29, 1.82) is 5.26 Å². The molecule has 0 saturated heterocycles. The third-order valence-electron chi connectivity index (χ3n) is 1.58. The van der Waals surface area contributed by atoms with Gasteiger partial charge in [0.05, 0.1) is 3.57 Å². The number of aromatic nitrogens is 1. The van der Waals surface area contributed by atoms with E-state index in [1.165, 1.54) is 6.07 Å². The lowest BCUT2D eigenvalue weighted by Gasteiger charge is -2.07. The molecule has 0 unspecified atom stereocenters. The van der Waals surface area contributed by atoms with Gasteiger partial charge in [0.1, 0.15) is 22.2 Å². The molecular formula is C7H2ClF2IN2O2S. The van der Waals surface area contributed by atoms with Gasteiger partial charge in [0.25, 0.3) is 15.5 Å². The van der Waals surface area contributed by atoms with E-state index in [2.05, 4.69) is 4.98 Å². The fourth-order valence-electron chi connectivity index (χ4n) is 0.997. The first-order chi connectivity index (χ1) is 7.29. The SMILES string of the molecule is N#Cc1c(C(F)F)ncc(I)c1S(=O)(=O)Cl. The first kappa shape index (κ1) is 13.5. The molecule has 0 atom stereocenters. The van der Waals surface area contributed by atoms with E-state index < -0.39 is 31.6 Å². The Morgan fingerprint density at radius 3 is 2.50 bits per heavy atom. The summed E-state index contributed by atoms with van der Waals surface area (Å²) in [5.74, 6) is 0. The summed E-state index contributed by atoms with van der Waals surface area (Å²) in [6, 6.07) is 1.38. The summed E-state index contributed by atoms with van der Waals surface area (Å²) in [4.78, 5) is 2.70. The summed E-state index contributed by atoms with van der Waals surface area (Å²) < 4.78 is 47.2. The molecule has 0 N–H and O–H groups in total. The average molecular weight is 379 g/mol. The summed E-state index contributed by atoms with van der Waals surface area (Å²) in [6.07, 6.45) is -2.11. The molecule has 9 heteroatoms. The van der Waals surface area contributed by atoms with E-state index in [0.717, 1.165) is 6.20 Å². The Labute approximate surface area is 108 Å². The number of pyridine rings is 1. The molecule has 1 heterocycles. The number of nitrogens with zero attached hydrogens (tertiary/aromatic N) is 2. The Morgan fingerprint density at radius 1 is 1.56 bits per heavy atom. The lowest BCUT2D eigenvalue weighted by molar-refractivity contribution is 0.145. The van der Waals surface area contributed by atoms with Gasteiger partial charge in [0, 0.05) is 16.9 Å². The van der Waals surface area contributed by atoms with Gasteiger partial charge >= 0.3 is 0 Å². The van der Waals surface area contributed by atoms with Crippen LogP contribution in [0, 0.1) is 14.9 Å². The van der Waals surface area contributed by atoms with Gasteiger partial charge in [-0.3, -0.25) is 4.98 Å². The van der Waals surface area contributed by atoms with Crippen LogP contribution in [-0.2, 0) is 9.05 Å². The fourth-order valence-corrected chi connectivity index (χ4v) is 3.83. The Balaban J connectivity index is 3.74. The van der Waals surface area contributed by atoms with Crippen molar-refractivity contribution >= 4 is 42.3 Å². The highest BCUT2D eigenvalue weighted by atomic mass is 127. The monoisotopic (exact) mass is 378 g/mol. The summed E-state index contributed by atoms with van der Waals surface area (Å²) in [5, 5.41) is 8.69. The number of hydrogen-bond acceptors (Lipinski definition) is 4. The quantitative estimate of drug-likeness (QED) is 0.585. The lowest BCUT2D eigenvalue weighted by atomic mass is 10.2. The maximum atomic E-state index is 12.5. The van der Waals surface area contributed by atoms with Crippen LogP contribution in [0.25, 0.3) is 0 Å². The van der Waals surface area contributed by atoms with E-state index >= 15 is 0 Å². The van der Waals surface area contributed by atoms with Crippen molar-refractivity contribution in [2.75, 3.05) is 0 Å². The third kappa shape index (κ3) is 2.58. The highest BCUT2D eigenvalue weighted by molar-refractivity contribution is 14.1. The average Bonchev–Trinajstić information content (AvgIpc) is 2.14. The first-order valence-corrected chi connectivity index (χ1v) is 6.99. The van der Waals surface area contributed by atoms with Gasteiger partial charge in [-0.25, -0.2) is 17.2 Å². The van der Waals surface area contributed by atoms with Crippen LogP contribution in [0.5, 0.6) is 0 Å². The summed E-state index contributed by atoms with van der Waals surface area (Å²) >= 11 is 1.55. The van der Waals surface area contributed by atoms with E-state index in [1.54, 1.807) is 22.6 Å². The Hall–Kier alpha value is -0.530. The first-order valence-electron chi connectivity index (χ1n) is 3.60. The van der Waals surface area contributed by atoms with E-state index in [-0.39, 0.29) is 3.57 Å². The maximum Gasteiger partial charge on any atom is 0.281 e. The molecule has 0 aromatic carbocycles. The van der Waals surface area contributed by atoms with Crippen molar-refractivity contribution in [2.24, 2.45) is 0 Å². The van der Waals surface area contributed by atoms with Crippen LogP contribution in [0.4, 0.5) is 8.78 Å². The Bertz CT molecular complexity index is 570. The molecule has 86 valence electrons. The molecule has 0 bridgehead atoms. The molecule has 0 aliphatic carbocycles. The summed E-state index contributed by atoms with van der Waals surface area (Å²) in [5.41, 5.74) is -1.60. The standard InChI is InChI=1S/C7H2ClF2IN2O2S/c8-16(14,15)6-3(1-12)5(7(9)10)13-2-4(6)11/h2,7H. The van der Waals surface area contributed by atoms with Gasteiger partial charge in [-0.05, 0) is 22.6 Å². The summed E-state index contributed by atoms with van der Waals surface area (Å²) in [6.45, 7) is 0. The van der Waals surface area contributed by atoms with Crippen molar-refractivity contribution in [1.82, 2.24) is 4.98 Å². The van der Waals surface area contributed by atoms with Crippen LogP contribution in [0.15, 0.2) is 11.1 Å². The predicted octanol–water partition coefficient (Wildman–Crippen LogP) is 2.42. The topological polar surface area (TPSA) is 70.8 Å². The van der Waals surface area contributed by atoms with Crippen molar-refractivity contribution in [3.05, 3.63) is 21.0 Å². The van der Waals surface area contributed by atoms with Crippen LogP contribution < -0.4 is 0 Å². The van der Waals surface area contributed by atoms with Crippen molar-refractivity contribution in [2.45, 2.75) is 11.3 Å². The van der Waals surface area contributed by atoms with Gasteiger partial charge in [-0.2, -0.15) is 5.26 Å². The highest BCUT2D eigenvalue weighted by Crippen LogP contribution is 2.30. The van der Waals surface area contributed by atoms with Crippen LogP contribution >= 0.6 is 33.3 Å². The molecule has 1 aromatic rings. The third-order valence-corrected chi connectivity index (χ3v) is 4.14. The molecule has 0 aliphatic heterocycles. The number of halogens is 4. The minimum Gasteiger partial charge on any atom is -0.253 e. The van der Waals surface area contributed by atoms with Crippen LogP contribution in [0.2, 0.25) is 0 Å². The number of alkyl halides is 2. The fraction of sp³-hybridized carbons (Fsp3) is 0.143. The summed E-state index contributed by atoms with van der Waals surface area (Å²) in [7, 11) is 0.805. The molecule has 0 aliphatic rings. The van der Waals surface area contributed by atoms with Gasteiger partial charge in [0.2, 0.25) is 0 Å². The smallest absolute Gasteiger partial charge is 0.253 e. The van der Waals surface area contributed by atoms with Crippen LogP contribution in [0.1, 0.15) is 17.7 Å². The predicted molar refractivity (Wildman–Crippen MR) is 59.7 cm³/mol. The second-order valence-corrected chi connectivity index (χ2v) is 6.21.